The number of esters is 1. The zero-order chi connectivity index (χ0) is 24.6. The van der Waals surface area contributed by atoms with E-state index in [4.69, 9.17) is 9.47 Å². The number of rotatable bonds is 8. The van der Waals surface area contributed by atoms with Crippen molar-refractivity contribution in [3.63, 3.8) is 0 Å². The van der Waals surface area contributed by atoms with Crippen molar-refractivity contribution in [2.75, 3.05) is 11.6 Å². The number of carbonyl (C=O) groups excluding carboxylic acids is 2. The lowest BCUT2D eigenvalue weighted by Gasteiger charge is -2.19. The van der Waals surface area contributed by atoms with E-state index in [0.717, 1.165) is 23.2 Å². The maximum atomic E-state index is 13.2. The molecule has 9 heteroatoms. The number of amides is 1. The molecule has 0 aliphatic rings. The van der Waals surface area contributed by atoms with Gasteiger partial charge in [0, 0.05) is 0 Å². The molecule has 3 aromatic carbocycles. The summed E-state index contributed by atoms with van der Waals surface area (Å²) in [4.78, 5) is 25.1. The van der Waals surface area contributed by atoms with Crippen LogP contribution in [0.3, 0.4) is 0 Å². The highest BCUT2D eigenvalue weighted by Crippen LogP contribution is 2.31. The molecule has 0 heterocycles. The highest BCUT2D eigenvalue weighted by Gasteiger charge is 2.31. The summed E-state index contributed by atoms with van der Waals surface area (Å²) in [5.74, 6) is -1.21. The third kappa shape index (κ3) is 6.93. The SMILES string of the molecule is C[C@H](Oc1ccccc1)C(=O)OCC(=O)N(/N=C\c1ccccc1)c1cccc(C(F)(F)F)c1. The summed E-state index contributed by atoms with van der Waals surface area (Å²) in [5, 5.41) is 4.81. The zero-order valence-corrected chi connectivity index (χ0v) is 18.1. The average molecular weight is 470 g/mol. The normalized spacial score (nSPS) is 12.2. The first kappa shape index (κ1) is 24.5. The van der Waals surface area contributed by atoms with Crippen LogP contribution in [0.25, 0.3) is 0 Å². The number of hydrazone groups is 1. The Bertz CT molecular complexity index is 1140. The van der Waals surface area contributed by atoms with E-state index in [9.17, 15) is 22.8 Å². The molecule has 0 aliphatic heterocycles. The van der Waals surface area contributed by atoms with E-state index in [1.54, 1.807) is 60.7 Å². The van der Waals surface area contributed by atoms with Crippen LogP contribution in [0.4, 0.5) is 18.9 Å². The molecule has 0 bridgehead atoms. The second-order valence-corrected chi connectivity index (χ2v) is 7.09. The van der Waals surface area contributed by atoms with Crippen molar-refractivity contribution in [2.24, 2.45) is 5.10 Å². The standard InChI is InChI=1S/C25H21F3N2O4/c1-18(34-22-13-6-3-7-14-22)24(32)33-17-23(31)30(29-16-19-9-4-2-5-10-19)21-12-8-11-20(15-21)25(26,27)28/h2-16,18H,17H2,1H3/b29-16-/t18-/m0/s1. The third-order valence-electron chi connectivity index (χ3n) is 4.50. The van der Waals surface area contributed by atoms with Crippen LogP contribution in [-0.4, -0.2) is 30.8 Å². The molecule has 0 aromatic heterocycles. The molecule has 0 unspecified atom stereocenters. The minimum atomic E-state index is -4.61. The fraction of sp³-hybridized carbons (Fsp3) is 0.160. The van der Waals surface area contributed by atoms with Gasteiger partial charge in [0.1, 0.15) is 5.75 Å². The van der Waals surface area contributed by atoms with Gasteiger partial charge < -0.3 is 9.47 Å². The van der Waals surface area contributed by atoms with Gasteiger partial charge in [-0.2, -0.15) is 23.3 Å². The van der Waals surface area contributed by atoms with Crippen LogP contribution in [0.5, 0.6) is 5.75 Å². The van der Waals surface area contributed by atoms with Gasteiger partial charge in [-0.05, 0) is 42.8 Å². The van der Waals surface area contributed by atoms with Crippen molar-refractivity contribution >= 4 is 23.8 Å². The van der Waals surface area contributed by atoms with E-state index in [2.05, 4.69) is 5.10 Å². The molecule has 0 N–H and O–H groups in total. The lowest BCUT2D eigenvalue weighted by molar-refractivity contribution is -0.154. The van der Waals surface area contributed by atoms with Crippen LogP contribution in [0.15, 0.2) is 90.0 Å². The number of anilines is 1. The Labute approximate surface area is 194 Å². The van der Waals surface area contributed by atoms with Crippen LogP contribution in [0.1, 0.15) is 18.1 Å². The minimum absolute atomic E-state index is 0.128. The van der Waals surface area contributed by atoms with Crippen molar-refractivity contribution in [1.29, 1.82) is 0 Å². The molecular formula is C25H21F3N2O4. The van der Waals surface area contributed by atoms with Crippen molar-refractivity contribution in [2.45, 2.75) is 19.2 Å². The van der Waals surface area contributed by atoms with Gasteiger partial charge in [0.15, 0.2) is 12.7 Å². The monoisotopic (exact) mass is 470 g/mol. The van der Waals surface area contributed by atoms with Crippen LogP contribution < -0.4 is 9.75 Å². The van der Waals surface area contributed by atoms with Crippen molar-refractivity contribution in [3.05, 3.63) is 96.1 Å². The number of benzene rings is 3. The van der Waals surface area contributed by atoms with E-state index < -0.39 is 36.3 Å². The Kier molecular flexibility index (Phi) is 8.02. The second kappa shape index (κ2) is 11.1. The molecule has 1 amide bonds. The van der Waals surface area contributed by atoms with Gasteiger partial charge >= 0.3 is 12.1 Å². The predicted octanol–water partition coefficient (Wildman–Crippen LogP) is 5.08. The quantitative estimate of drug-likeness (QED) is 0.262. The summed E-state index contributed by atoms with van der Waals surface area (Å²) >= 11 is 0. The largest absolute Gasteiger partial charge is 0.479 e. The molecule has 34 heavy (non-hydrogen) atoms. The third-order valence-corrected chi connectivity index (χ3v) is 4.50. The number of carbonyl (C=O) groups is 2. The van der Waals surface area contributed by atoms with E-state index in [1.807, 2.05) is 0 Å². The molecule has 3 aromatic rings. The molecular weight excluding hydrogens is 449 g/mol. The van der Waals surface area contributed by atoms with E-state index in [-0.39, 0.29) is 5.69 Å². The van der Waals surface area contributed by atoms with E-state index in [0.29, 0.717) is 11.3 Å². The Balaban J connectivity index is 1.75. The number of hydrogen-bond donors (Lipinski definition) is 0. The Morgan fingerprint density at radius 1 is 0.971 bits per heavy atom. The van der Waals surface area contributed by atoms with Gasteiger partial charge in [0.05, 0.1) is 17.5 Å². The van der Waals surface area contributed by atoms with Gasteiger partial charge in [0.25, 0.3) is 5.91 Å². The molecule has 0 fully saturated rings. The first-order chi connectivity index (χ1) is 16.2. The number of nitrogens with zero attached hydrogens (tertiary/aromatic N) is 2. The molecule has 0 saturated heterocycles. The van der Waals surface area contributed by atoms with Crippen LogP contribution >= 0.6 is 0 Å². The molecule has 0 spiro atoms. The molecule has 0 radical (unpaired) electrons. The summed E-state index contributed by atoms with van der Waals surface area (Å²) in [6.07, 6.45) is -4.30. The molecule has 176 valence electrons. The van der Waals surface area contributed by atoms with Gasteiger partial charge in [-0.15, -0.1) is 0 Å². The second-order valence-electron chi connectivity index (χ2n) is 7.09. The maximum Gasteiger partial charge on any atom is 0.416 e. The van der Waals surface area contributed by atoms with Gasteiger partial charge in [-0.25, -0.2) is 4.79 Å². The predicted molar refractivity (Wildman–Crippen MR) is 120 cm³/mol. The lowest BCUT2D eigenvalue weighted by atomic mass is 10.2. The number of alkyl halides is 3. The molecule has 6 nitrogen and oxygen atoms in total. The topological polar surface area (TPSA) is 68.2 Å². The van der Waals surface area contributed by atoms with Gasteiger partial charge in [-0.1, -0.05) is 54.6 Å². The number of para-hydroxylation sites is 1. The van der Waals surface area contributed by atoms with E-state index >= 15 is 0 Å². The molecule has 1 atom stereocenters. The summed E-state index contributed by atoms with van der Waals surface area (Å²) in [5.41, 5.74) is -0.453. The fourth-order valence-corrected chi connectivity index (χ4v) is 2.82. The Morgan fingerprint density at radius 3 is 2.26 bits per heavy atom. The molecule has 0 saturated carbocycles. The number of halogens is 3. The van der Waals surface area contributed by atoms with Crippen LogP contribution in [0, 0.1) is 0 Å². The first-order valence-corrected chi connectivity index (χ1v) is 10.2. The highest BCUT2D eigenvalue weighted by atomic mass is 19.4. The lowest BCUT2D eigenvalue weighted by Crippen LogP contribution is -2.34. The Morgan fingerprint density at radius 2 is 1.62 bits per heavy atom. The fourth-order valence-electron chi connectivity index (χ4n) is 2.82. The summed E-state index contributed by atoms with van der Waals surface area (Å²) in [6.45, 7) is 0.710. The number of ether oxygens (including phenoxy) is 2. The Hall–Kier alpha value is -4.14. The first-order valence-electron chi connectivity index (χ1n) is 10.2. The van der Waals surface area contributed by atoms with Crippen LogP contribution in [-0.2, 0) is 20.5 Å². The molecule has 3 rings (SSSR count). The average Bonchev–Trinajstić information content (AvgIpc) is 2.83. The summed E-state index contributed by atoms with van der Waals surface area (Å²) < 4.78 is 50.0. The van der Waals surface area contributed by atoms with Gasteiger partial charge in [-0.3, -0.25) is 4.79 Å². The van der Waals surface area contributed by atoms with Crippen molar-refractivity contribution in [3.8, 4) is 5.75 Å². The van der Waals surface area contributed by atoms with Crippen molar-refractivity contribution < 1.29 is 32.2 Å². The van der Waals surface area contributed by atoms with Crippen LogP contribution in [0.2, 0.25) is 0 Å². The summed E-state index contributed by atoms with van der Waals surface area (Å²) in [7, 11) is 0. The summed E-state index contributed by atoms with van der Waals surface area (Å²) in [6, 6.07) is 21.4. The van der Waals surface area contributed by atoms with E-state index in [1.165, 1.54) is 19.2 Å². The maximum absolute atomic E-state index is 13.2. The van der Waals surface area contributed by atoms with Crippen molar-refractivity contribution in [1.82, 2.24) is 0 Å². The van der Waals surface area contributed by atoms with Gasteiger partial charge in [0.2, 0.25) is 0 Å². The zero-order valence-electron chi connectivity index (χ0n) is 18.1. The molecule has 0 aliphatic carbocycles. The smallest absolute Gasteiger partial charge is 0.416 e. The highest BCUT2D eigenvalue weighted by molar-refractivity contribution is 5.97. The minimum Gasteiger partial charge on any atom is -0.479 e. The number of hydrogen-bond acceptors (Lipinski definition) is 5.